The summed E-state index contributed by atoms with van der Waals surface area (Å²) < 4.78 is 2.00. The SMILES string of the molecule is O=C(c1ccc([N+](=O)[O-])cc1)N1CCN(c2ncnc3c2c(-c2ccccc2)cn3-c2ccccc2Cl)CC1. The summed E-state index contributed by atoms with van der Waals surface area (Å²) in [7, 11) is 0. The van der Waals surface area contributed by atoms with Crippen molar-refractivity contribution in [3.8, 4) is 16.8 Å². The molecule has 39 heavy (non-hydrogen) atoms. The van der Waals surface area contributed by atoms with Crippen molar-refractivity contribution < 1.29 is 9.72 Å². The zero-order valence-electron chi connectivity index (χ0n) is 20.8. The van der Waals surface area contributed by atoms with E-state index in [1.165, 1.54) is 24.3 Å². The largest absolute Gasteiger partial charge is 0.352 e. The van der Waals surface area contributed by atoms with Gasteiger partial charge in [-0.2, -0.15) is 0 Å². The number of para-hydroxylation sites is 1. The highest BCUT2D eigenvalue weighted by atomic mass is 35.5. The van der Waals surface area contributed by atoms with Crippen LogP contribution in [0.1, 0.15) is 10.4 Å². The summed E-state index contributed by atoms with van der Waals surface area (Å²) in [6, 6.07) is 23.5. The molecule has 3 aromatic carbocycles. The minimum absolute atomic E-state index is 0.0397. The standard InChI is InChI=1S/C29H23ClN6O3/c30-24-8-4-5-9-25(24)35-18-23(20-6-2-1-3-7-20)26-27(31-19-32-28(26)35)33-14-16-34(17-15-33)29(37)21-10-12-22(13-11-21)36(38)39/h1-13,18-19H,14-17H2. The van der Waals surface area contributed by atoms with Crippen LogP contribution in [0.4, 0.5) is 11.5 Å². The van der Waals surface area contributed by atoms with Crippen molar-refractivity contribution in [2.75, 3.05) is 31.1 Å². The van der Waals surface area contributed by atoms with E-state index in [9.17, 15) is 14.9 Å². The highest BCUT2D eigenvalue weighted by Crippen LogP contribution is 2.38. The van der Waals surface area contributed by atoms with E-state index in [1.807, 2.05) is 53.2 Å². The van der Waals surface area contributed by atoms with Gasteiger partial charge in [-0.25, -0.2) is 9.97 Å². The fourth-order valence-electron chi connectivity index (χ4n) is 4.98. The molecule has 5 aromatic rings. The van der Waals surface area contributed by atoms with E-state index in [1.54, 1.807) is 11.2 Å². The number of anilines is 1. The summed E-state index contributed by atoms with van der Waals surface area (Å²) >= 11 is 6.58. The van der Waals surface area contributed by atoms with E-state index >= 15 is 0 Å². The third-order valence-corrected chi connectivity index (χ3v) is 7.27. The van der Waals surface area contributed by atoms with Crippen LogP contribution in [0.3, 0.4) is 0 Å². The normalized spacial score (nSPS) is 13.6. The van der Waals surface area contributed by atoms with Crippen LogP contribution in [-0.2, 0) is 0 Å². The number of halogens is 1. The quantitative estimate of drug-likeness (QED) is 0.213. The van der Waals surface area contributed by atoms with Gasteiger partial charge in [-0.1, -0.05) is 54.1 Å². The third-order valence-electron chi connectivity index (χ3n) is 6.95. The molecule has 0 saturated carbocycles. The number of piperazine rings is 1. The number of non-ortho nitro benzene ring substituents is 1. The summed E-state index contributed by atoms with van der Waals surface area (Å²) in [6.45, 7) is 2.15. The first-order valence-corrected chi connectivity index (χ1v) is 12.8. The van der Waals surface area contributed by atoms with Crippen LogP contribution in [-0.4, -0.2) is 56.4 Å². The van der Waals surface area contributed by atoms with Gasteiger partial charge in [0.15, 0.2) is 5.65 Å². The summed E-state index contributed by atoms with van der Waals surface area (Å²) in [5.41, 5.74) is 4.00. The maximum Gasteiger partial charge on any atom is 0.269 e. The van der Waals surface area contributed by atoms with E-state index < -0.39 is 4.92 Å². The first kappa shape index (κ1) is 24.6. The number of aromatic nitrogens is 3. The molecule has 0 atom stereocenters. The number of nitro benzene ring substituents is 1. The number of nitrogens with zero attached hydrogens (tertiary/aromatic N) is 6. The molecule has 10 heteroatoms. The van der Waals surface area contributed by atoms with Crippen LogP contribution in [0.5, 0.6) is 0 Å². The number of amides is 1. The number of rotatable bonds is 5. The van der Waals surface area contributed by atoms with Gasteiger partial charge in [-0.3, -0.25) is 19.5 Å². The topological polar surface area (TPSA) is 97.4 Å². The molecule has 0 spiro atoms. The van der Waals surface area contributed by atoms with Gasteiger partial charge in [0.05, 0.1) is 21.0 Å². The van der Waals surface area contributed by atoms with E-state index in [0.29, 0.717) is 36.8 Å². The van der Waals surface area contributed by atoms with Crippen LogP contribution in [0.25, 0.3) is 27.8 Å². The first-order chi connectivity index (χ1) is 19.0. The Labute approximate surface area is 229 Å². The van der Waals surface area contributed by atoms with E-state index in [4.69, 9.17) is 16.6 Å². The molecule has 194 valence electrons. The number of carbonyl (C=O) groups excluding carboxylic acids is 1. The second kappa shape index (κ2) is 10.2. The molecule has 1 amide bonds. The first-order valence-electron chi connectivity index (χ1n) is 12.5. The number of nitro groups is 1. The molecule has 9 nitrogen and oxygen atoms in total. The predicted octanol–water partition coefficient (Wildman–Crippen LogP) is 5.61. The Morgan fingerprint density at radius 2 is 1.56 bits per heavy atom. The molecular weight excluding hydrogens is 516 g/mol. The van der Waals surface area contributed by atoms with Gasteiger partial charge in [-0.15, -0.1) is 0 Å². The number of carbonyl (C=O) groups is 1. The maximum atomic E-state index is 13.1. The fraction of sp³-hybridized carbons (Fsp3) is 0.138. The van der Waals surface area contributed by atoms with Crippen molar-refractivity contribution in [2.45, 2.75) is 0 Å². The summed E-state index contributed by atoms with van der Waals surface area (Å²) in [5.74, 6) is 0.652. The van der Waals surface area contributed by atoms with Gasteiger partial charge >= 0.3 is 0 Å². The molecule has 1 saturated heterocycles. The van der Waals surface area contributed by atoms with Gasteiger partial charge < -0.3 is 9.80 Å². The van der Waals surface area contributed by atoms with Crippen molar-refractivity contribution in [1.82, 2.24) is 19.4 Å². The van der Waals surface area contributed by atoms with Gasteiger partial charge in [0.25, 0.3) is 11.6 Å². The second-order valence-electron chi connectivity index (χ2n) is 9.21. The zero-order valence-corrected chi connectivity index (χ0v) is 21.5. The van der Waals surface area contributed by atoms with Gasteiger partial charge in [-0.05, 0) is 29.8 Å². The van der Waals surface area contributed by atoms with Crippen molar-refractivity contribution in [1.29, 1.82) is 0 Å². The van der Waals surface area contributed by atoms with Crippen LogP contribution in [0.2, 0.25) is 5.02 Å². The molecule has 1 fully saturated rings. The van der Waals surface area contributed by atoms with E-state index in [0.717, 1.165) is 33.7 Å². The van der Waals surface area contributed by atoms with Crippen LogP contribution >= 0.6 is 11.6 Å². The van der Waals surface area contributed by atoms with Crippen LogP contribution < -0.4 is 4.90 Å². The third kappa shape index (κ3) is 4.57. The lowest BCUT2D eigenvalue weighted by Crippen LogP contribution is -2.49. The average molecular weight is 539 g/mol. The molecule has 2 aromatic heterocycles. The Kier molecular flexibility index (Phi) is 6.42. The average Bonchev–Trinajstić information content (AvgIpc) is 3.37. The molecule has 0 radical (unpaired) electrons. The Balaban J connectivity index is 1.34. The molecule has 0 N–H and O–H groups in total. The minimum atomic E-state index is -0.474. The number of hydrogen-bond donors (Lipinski definition) is 0. The Morgan fingerprint density at radius 1 is 0.872 bits per heavy atom. The molecule has 0 aliphatic carbocycles. The molecule has 1 aliphatic heterocycles. The lowest BCUT2D eigenvalue weighted by atomic mass is 10.1. The summed E-state index contributed by atoms with van der Waals surface area (Å²) in [6.07, 6.45) is 3.61. The number of fused-ring (bicyclic) bond motifs is 1. The lowest BCUT2D eigenvalue weighted by Gasteiger charge is -2.35. The fourth-order valence-corrected chi connectivity index (χ4v) is 5.21. The van der Waals surface area contributed by atoms with Gasteiger partial charge in [0.1, 0.15) is 12.1 Å². The Bertz CT molecular complexity index is 1680. The van der Waals surface area contributed by atoms with Gasteiger partial charge in [0.2, 0.25) is 0 Å². The number of hydrogen-bond acceptors (Lipinski definition) is 6. The molecule has 0 unspecified atom stereocenters. The highest BCUT2D eigenvalue weighted by molar-refractivity contribution is 6.32. The van der Waals surface area contributed by atoms with Crippen molar-refractivity contribution in [3.63, 3.8) is 0 Å². The Hall–Kier alpha value is -4.76. The molecule has 3 heterocycles. The zero-order chi connectivity index (χ0) is 26.9. The van der Waals surface area contributed by atoms with Crippen LogP contribution in [0, 0.1) is 10.1 Å². The number of benzene rings is 3. The smallest absolute Gasteiger partial charge is 0.269 e. The Morgan fingerprint density at radius 3 is 2.26 bits per heavy atom. The summed E-state index contributed by atoms with van der Waals surface area (Å²) in [4.78, 5) is 36.8. The maximum absolute atomic E-state index is 13.1. The van der Waals surface area contributed by atoms with Crippen molar-refractivity contribution >= 4 is 40.0 Å². The van der Waals surface area contributed by atoms with Crippen LogP contribution in [0.15, 0.2) is 91.4 Å². The molecule has 1 aliphatic rings. The summed E-state index contributed by atoms with van der Waals surface area (Å²) in [5, 5.41) is 12.5. The van der Waals surface area contributed by atoms with E-state index in [2.05, 4.69) is 22.0 Å². The predicted molar refractivity (Wildman–Crippen MR) is 151 cm³/mol. The monoisotopic (exact) mass is 538 g/mol. The molecule has 6 rings (SSSR count). The molecular formula is C29H23ClN6O3. The second-order valence-corrected chi connectivity index (χ2v) is 9.62. The highest BCUT2D eigenvalue weighted by Gasteiger charge is 2.27. The van der Waals surface area contributed by atoms with Gasteiger partial charge in [0, 0.05) is 55.6 Å². The van der Waals surface area contributed by atoms with Crippen molar-refractivity contribution in [3.05, 3.63) is 112 Å². The van der Waals surface area contributed by atoms with Crippen molar-refractivity contribution in [2.24, 2.45) is 0 Å². The molecule has 0 bridgehead atoms. The van der Waals surface area contributed by atoms with E-state index in [-0.39, 0.29) is 11.6 Å². The minimum Gasteiger partial charge on any atom is -0.352 e. The lowest BCUT2D eigenvalue weighted by molar-refractivity contribution is -0.384.